The highest BCUT2D eigenvalue weighted by molar-refractivity contribution is 7.20. The van der Waals surface area contributed by atoms with Crippen molar-refractivity contribution < 1.29 is 4.92 Å². The van der Waals surface area contributed by atoms with Crippen molar-refractivity contribution in [3.63, 3.8) is 0 Å². The van der Waals surface area contributed by atoms with Gasteiger partial charge in [-0.2, -0.15) is 0 Å². The van der Waals surface area contributed by atoms with Crippen LogP contribution in [0.15, 0.2) is 47.2 Å². The van der Waals surface area contributed by atoms with Crippen LogP contribution in [-0.2, 0) is 0 Å². The molecule has 3 rings (SSSR count). The van der Waals surface area contributed by atoms with Crippen LogP contribution >= 0.6 is 22.7 Å². The molecule has 112 valence electrons. The maximum absolute atomic E-state index is 10.7. The number of benzene rings is 1. The average molecular weight is 331 g/mol. The van der Waals surface area contributed by atoms with Crippen LogP contribution in [0.3, 0.4) is 0 Å². The van der Waals surface area contributed by atoms with Crippen LogP contribution < -0.4 is 5.73 Å². The summed E-state index contributed by atoms with van der Waals surface area (Å²) in [7, 11) is 0. The number of thiazole rings is 1. The number of non-ortho nitro benzene ring substituents is 1. The maximum atomic E-state index is 10.7. The number of rotatable bonds is 5. The Kier molecular flexibility index (Phi) is 4.28. The Morgan fingerprint density at radius 2 is 2.00 bits per heavy atom. The van der Waals surface area contributed by atoms with Crippen LogP contribution in [0.1, 0.15) is 17.2 Å². The SMILES string of the molecule is NC[C@H](c1ccc([N+](=O)[O-])cc1)c1csc(-c2cccs2)n1. The summed E-state index contributed by atoms with van der Waals surface area (Å²) < 4.78 is 0. The van der Waals surface area contributed by atoms with Crippen molar-refractivity contribution in [3.8, 4) is 9.88 Å². The molecule has 22 heavy (non-hydrogen) atoms. The van der Waals surface area contributed by atoms with E-state index in [4.69, 9.17) is 5.73 Å². The van der Waals surface area contributed by atoms with Gasteiger partial charge < -0.3 is 5.73 Å². The summed E-state index contributed by atoms with van der Waals surface area (Å²) in [6.45, 7) is 0.408. The number of aromatic nitrogens is 1. The zero-order valence-electron chi connectivity index (χ0n) is 11.5. The largest absolute Gasteiger partial charge is 0.329 e. The Labute approximate surface area is 135 Å². The van der Waals surface area contributed by atoms with Gasteiger partial charge in [0.15, 0.2) is 0 Å². The summed E-state index contributed by atoms with van der Waals surface area (Å²) in [6.07, 6.45) is 0. The maximum Gasteiger partial charge on any atom is 0.269 e. The highest BCUT2D eigenvalue weighted by Gasteiger charge is 2.18. The quantitative estimate of drug-likeness (QED) is 0.568. The van der Waals surface area contributed by atoms with Crippen LogP contribution in [0.5, 0.6) is 0 Å². The number of hydrogen-bond acceptors (Lipinski definition) is 6. The van der Waals surface area contributed by atoms with E-state index in [9.17, 15) is 10.1 Å². The molecular formula is C15H13N3O2S2. The third-order valence-corrected chi connectivity index (χ3v) is 5.25. The monoisotopic (exact) mass is 331 g/mol. The number of nitrogens with zero attached hydrogens (tertiary/aromatic N) is 2. The molecule has 0 radical (unpaired) electrons. The Balaban J connectivity index is 1.89. The first-order valence-corrected chi connectivity index (χ1v) is 8.38. The molecule has 7 heteroatoms. The molecule has 2 N–H and O–H groups in total. The van der Waals surface area contributed by atoms with Crippen LogP contribution in [-0.4, -0.2) is 16.5 Å². The van der Waals surface area contributed by atoms with Crippen molar-refractivity contribution in [1.82, 2.24) is 4.98 Å². The molecular weight excluding hydrogens is 318 g/mol. The van der Waals surface area contributed by atoms with Crippen molar-refractivity contribution in [2.45, 2.75) is 5.92 Å². The van der Waals surface area contributed by atoms with Gasteiger partial charge in [0.25, 0.3) is 5.69 Å². The van der Waals surface area contributed by atoms with Crippen LogP contribution in [0.4, 0.5) is 5.69 Å². The second kappa shape index (κ2) is 6.35. The highest BCUT2D eigenvalue weighted by Crippen LogP contribution is 2.32. The molecule has 2 aromatic heterocycles. The Morgan fingerprint density at radius 1 is 1.23 bits per heavy atom. The average Bonchev–Trinajstić information content (AvgIpc) is 3.19. The van der Waals surface area contributed by atoms with E-state index >= 15 is 0 Å². The molecule has 0 aliphatic heterocycles. The van der Waals surface area contributed by atoms with E-state index in [1.807, 2.05) is 22.9 Å². The summed E-state index contributed by atoms with van der Waals surface area (Å²) in [5.74, 6) is -0.0502. The van der Waals surface area contributed by atoms with Crippen molar-refractivity contribution in [2.24, 2.45) is 5.73 Å². The second-order valence-electron chi connectivity index (χ2n) is 4.69. The molecule has 0 aliphatic rings. The van der Waals surface area contributed by atoms with Gasteiger partial charge >= 0.3 is 0 Å². The van der Waals surface area contributed by atoms with E-state index in [1.165, 1.54) is 12.1 Å². The summed E-state index contributed by atoms with van der Waals surface area (Å²) in [5, 5.41) is 15.7. The molecule has 3 aromatic rings. The third kappa shape index (κ3) is 2.92. The minimum Gasteiger partial charge on any atom is -0.329 e. The van der Waals surface area contributed by atoms with Crippen molar-refractivity contribution in [3.05, 3.63) is 68.5 Å². The smallest absolute Gasteiger partial charge is 0.269 e. The van der Waals surface area contributed by atoms with Gasteiger partial charge in [-0.3, -0.25) is 10.1 Å². The lowest BCUT2D eigenvalue weighted by molar-refractivity contribution is -0.384. The normalized spacial score (nSPS) is 12.2. The van der Waals surface area contributed by atoms with E-state index in [0.717, 1.165) is 21.1 Å². The molecule has 0 unspecified atom stereocenters. The lowest BCUT2D eigenvalue weighted by atomic mass is 9.96. The lowest BCUT2D eigenvalue weighted by Gasteiger charge is -2.12. The van der Waals surface area contributed by atoms with E-state index in [0.29, 0.717) is 6.54 Å². The zero-order valence-corrected chi connectivity index (χ0v) is 13.1. The number of nitro groups is 1. The van der Waals surface area contributed by atoms with Crippen LogP contribution in [0, 0.1) is 10.1 Å². The minimum absolute atomic E-state index is 0.0502. The lowest BCUT2D eigenvalue weighted by Crippen LogP contribution is -2.14. The van der Waals surface area contributed by atoms with E-state index < -0.39 is 4.92 Å². The van der Waals surface area contributed by atoms with Gasteiger partial charge in [0.05, 0.1) is 15.5 Å². The van der Waals surface area contributed by atoms with Gasteiger partial charge in [-0.05, 0) is 17.0 Å². The predicted molar refractivity (Wildman–Crippen MR) is 89.4 cm³/mol. The Bertz CT molecular complexity index is 766. The summed E-state index contributed by atoms with van der Waals surface area (Å²) in [5.41, 5.74) is 7.82. The summed E-state index contributed by atoms with van der Waals surface area (Å²) in [6, 6.07) is 10.5. The molecule has 1 aromatic carbocycles. The fourth-order valence-corrected chi connectivity index (χ4v) is 3.90. The van der Waals surface area contributed by atoms with Gasteiger partial charge in [-0.15, -0.1) is 22.7 Å². The van der Waals surface area contributed by atoms with Crippen molar-refractivity contribution in [1.29, 1.82) is 0 Å². The Morgan fingerprint density at radius 3 is 2.59 bits per heavy atom. The fraction of sp³-hybridized carbons (Fsp3) is 0.133. The predicted octanol–water partition coefficient (Wildman–Crippen LogP) is 3.87. The molecule has 0 spiro atoms. The van der Waals surface area contributed by atoms with Gasteiger partial charge in [0.2, 0.25) is 0 Å². The summed E-state index contributed by atoms with van der Waals surface area (Å²) >= 11 is 3.24. The molecule has 0 saturated heterocycles. The molecule has 1 atom stereocenters. The molecule has 0 amide bonds. The fourth-order valence-electron chi connectivity index (χ4n) is 2.22. The number of hydrogen-bond donors (Lipinski definition) is 1. The van der Waals surface area contributed by atoms with Gasteiger partial charge in [-0.1, -0.05) is 18.2 Å². The van der Waals surface area contributed by atoms with Crippen LogP contribution in [0.25, 0.3) is 9.88 Å². The molecule has 2 heterocycles. The molecule has 0 aliphatic carbocycles. The zero-order chi connectivity index (χ0) is 15.5. The van der Waals surface area contributed by atoms with E-state index in [-0.39, 0.29) is 11.6 Å². The third-order valence-electron chi connectivity index (χ3n) is 3.35. The minimum atomic E-state index is -0.404. The number of thiophene rings is 1. The second-order valence-corrected chi connectivity index (χ2v) is 6.50. The standard InChI is InChI=1S/C15H13N3O2S2/c16-8-12(10-3-5-11(6-4-10)18(19)20)13-9-22-15(17-13)14-2-1-7-21-14/h1-7,9,12H,8,16H2/t12-/m1/s1. The number of nitro benzene ring substituents is 1. The molecule has 0 bridgehead atoms. The Hall–Kier alpha value is -2.09. The topological polar surface area (TPSA) is 82.0 Å². The molecule has 5 nitrogen and oxygen atoms in total. The van der Waals surface area contributed by atoms with E-state index in [1.54, 1.807) is 34.8 Å². The summed E-state index contributed by atoms with van der Waals surface area (Å²) in [4.78, 5) is 16.1. The number of nitrogens with two attached hydrogens (primary N) is 1. The first kappa shape index (κ1) is 14.8. The van der Waals surface area contributed by atoms with Crippen molar-refractivity contribution >= 4 is 28.4 Å². The van der Waals surface area contributed by atoms with E-state index in [2.05, 4.69) is 4.98 Å². The van der Waals surface area contributed by atoms with Crippen LogP contribution in [0.2, 0.25) is 0 Å². The van der Waals surface area contributed by atoms with Gasteiger partial charge in [0, 0.05) is 30.0 Å². The molecule has 0 saturated carbocycles. The van der Waals surface area contributed by atoms with Gasteiger partial charge in [0.1, 0.15) is 5.01 Å². The van der Waals surface area contributed by atoms with Gasteiger partial charge in [-0.25, -0.2) is 4.98 Å². The first-order chi connectivity index (χ1) is 10.7. The van der Waals surface area contributed by atoms with Crippen molar-refractivity contribution in [2.75, 3.05) is 6.54 Å². The highest BCUT2D eigenvalue weighted by atomic mass is 32.1. The molecule has 0 fully saturated rings. The first-order valence-electron chi connectivity index (χ1n) is 6.62.